The van der Waals surface area contributed by atoms with Crippen molar-refractivity contribution >= 4 is 34.5 Å². The van der Waals surface area contributed by atoms with Gasteiger partial charge in [0, 0.05) is 6.08 Å². The SMILES string of the molecule is COC(=O)/C=C1/SC(=Nc2ccc(OC)cc2)NC1=O. The number of methoxy groups -OCH3 is 2. The summed E-state index contributed by atoms with van der Waals surface area (Å²) in [5.74, 6) is -0.218. The number of hydrogen-bond acceptors (Lipinski definition) is 6. The number of hydrogen-bond donors (Lipinski definition) is 1. The highest BCUT2D eigenvalue weighted by molar-refractivity contribution is 8.18. The first-order valence-corrected chi connectivity index (χ1v) is 6.45. The van der Waals surface area contributed by atoms with Gasteiger partial charge in [-0.3, -0.25) is 4.79 Å². The van der Waals surface area contributed by atoms with E-state index in [1.54, 1.807) is 31.4 Å². The van der Waals surface area contributed by atoms with Gasteiger partial charge in [0.05, 0.1) is 24.8 Å². The fourth-order valence-electron chi connectivity index (χ4n) is 1.42. The van der Waals surface area contributed by atoms with E-state index in [0.717, 1.165) is 23.6 Å². The van der Waals surface area contributed by atoms with E-state index >= 15 is 0 Å². The number of esters is 1. The fourth-order valence-corrected chi connectivity index (χ4v) is 2.22. The maximum Gasteiger partial charge on any atom is 0.331 e. The normalized spacial score (nSPS) is 18.2. The summed E-state index contributed by atoms with van der Waals surface area (Å²) >= 11 is 1.09. The van der Waals surface area contributed by atoms with Gasteiger partial charge in [-0.15, -0.1) is 0 Å². The Morgan fingerprint density at radius 1 is 1.30 bits per heavy atom. The van der Waals surface area contributed by atoms with Gasteiger partial charge in [0.25, 0.3) is 5.91 Å². The van der Waals surface area contributed by atoms with Crippen molar-refractivity contribution in [3.8, 4) is 5.75 Å². The van der Waals surface area contributed by atoms with Gasteiger partial charge in [0.2, 0.25) is 0 Å². The van der Waals surface area contributed by atoms with E-state index in [2.05, 4.69) is 15.0 Å². The van der Waals surface area contributed by atoms with Crippen LogP contribution in [0.5, 0.6) is 5.75 Å². The Bertz CT molecular complexity index is 593. The van der Waals surface area contributed by atoms with Crippen LogP contribution in [0.15, 0.2) is 40.2 Å². The van der Waals surface area contributed by atoms with Gasteiger partial charge in [-0.2, -0.15) is 0 Å². The quantitative estimate of drug-likeness (QED) is 0.676. The highest BCUT2D eigenvalue weighted by atomic mass is 32.2. The summed E-state index contributed by atoms with van der Waals surface area (Å²) < 4.78 is 9.52. The number of ether oxygens (including phenoxy) is 2. The number of carbonyl (C=O) groups excluding carboxylic acids is 2. The molecule has 1 aromatic rings. The van der Waals surface area contributed by atoms with Crippen LogP contribution in [0.3, 0.4) is 0 Å². The van der Waals surface area contributed by atoms with Crippen LogP contribution >= 0.6 is 11.8 Å². The Labute approximate surface area is 119 Å². The molecule has 0 radical (unpaired) electrons. The number of nitrogens with one attached hydrogen (secondary N) is 1. The third-order valence-corrected chi connectivity index (χ3v) is 3.31. The van der Waals surface area contributed by atoms with Crippen molar-refractivity contribution in [3.05, 3.63) is 35.2 Å². The van der Waals surface area contributed by atoms with Gasteiger partial charge in [-0.25, -0.2) is 9.79 Å². The highest BCUT2D eigenvalue weighted by Gasteiger charge is 2.24. The molecule has 1 saturated heterocycles. The number of rotatable bonds is 3. The third-order valence-electron chi connectivity index (χ3n) is 2.40. The molecule has 1 aliphatic rings. The second kappa shape index (κ2) is 6.25. The van der Waals surface area contributed by atoms with Gasteiger partial charge < -0.3 is 14.8 Å². The first kappa shape index (κ1) is 14.1. The van der Waals surface area contributed by atoms with Crippen LogP contribution in [-0.4, -0.2) is 31.3 Å². The molecule has 0 atom stereocenters. The van der Waals surface area contributed by atoms with Crippen molar-refractivity contribution in [1.82, 2.24) is 5.32 Å². The highest BCUT2D eigenvalue weighted by Crippen LogP contribution is 2.26. The summed E-state index contributed by atoms with van der Waals surface area (Å²) in [5, 5.41) is 2.99. The Balaban J connectivity index is 2.14. The molecule has 1 fully saturated rings. The summed E-state index contributed by atoms with van der Waals surface area (Å²) in [6.07, 6.45) is 1.14. The lowest BCUT2D eigenvalue weighted by molar-refractivity contribution is -0.135. The maximum absolute atomic E-state index is 11.6. The smallest absolute Gasteiger partial charge is 0.331 e. The van der Waals surface area contributed by atoms with Crippen molar-refractivity contribution in [2.75, 3.05) is 14.2 Å². The largest absolute Gasteiger partial charge is 0.497 e. The molecule has 1 aromatic carbocycles. The number of thioether (sulfide) groups is 1. The van der Waals surface area contributed by atoms with Crippen LogP contribution in [0.4, 0.5) is 5.69 Å². The molecule has 1 amide bonds. The first-order valence-electron chi connectivity index (χ1n) is 5.64. The van der Waals surface area contributed by atoms with Crippen molar-refractivity contribution in [3.63, 3.8) is 0 Å². The van der Waals surface area contributed by atoms with Gasteiger partial charge in [-0.1, -0.05) is 0 Å². The van der Waals surface area contributed by atoms with E-state index in [1.807, 2.05) is 0 Å². The summed E-state index contributed by atoms with van der Waals surface area (Å²) in [6.45, 7) is 0. The second-order valence-corrected chi connectivity index (χ2v) is 4.73. The Morgan fingerprint density at radius 3 is 2.60 bits per heavy atom. The summed E-state index contributed by atoms with van der Waals surface area (Å²) in [7, 11) is 2.83. The van der Waals surface area contributed by atoms with Crippen LogP contribution in [-0.2, 0) is 14.3 Å². The van der Waals surface area contributed by atoms with Crippen molar-refractivity contribution in [1.29, 1.82) is 0 Å². The molecule has 2 rings (SSSR count). The average molecular weight is 292 g/mol. The minimum absolute atomic E-state index is 0.254. The fraction of sp³-hybridized carbons (Fsp3) is 0.154. The van der Waals surface area contributed by atoms with E-state index in [4.69, 9.17) is 4.74 Å². The van der Waals surface area contributed by atoms with Crippen LogP contribution in [0.1, 0.15) is 0 Å². The van der Waals surface area contributed by atoms with E-state index in [9.17, 15) is 9.59 Å². The summed E-state index contributed by atoms with van der Waals surface area (Å²) in [4.78, 5) is 27.2. The average Bonchev–Trinajstić information content (AvgIpc) is 2.79. The Kier molecular flexibility index (Phi) is 4.41. The maximum atomic E-state index is 11.6. The molecule has 0 bridgehead atoms. The number of aliphatic imine (C=N–C) groups is 1. The third kappa shape index (κ3) is 3.39. The molecule has 1 heterocycles. The minimum atomic E-state index is -0.576. The standard InChI is InChI=1S/C13H12N2O4S/c1-18-9-5-3-8(4-6-9)14-13-15-12(17)10(20-13)7-11(16)19-2/h3-7H,1-2H3,(H,14,15,17)/b10-7+. The van der Waals surface area contributed by atoms with Crippen molar-refractivity contribution in [2.24, 2.45) is 4.99 Å². The zero-order valence-corrected chi connectivity index (χ0v) is 11.7. The molecule has 104 valence electrons. The molecular formula is C13H12N2O4S. The molecule has 6 nitrogen and oxygen atoms in total. The second-order valence-electron chi connectivity index (χ2n) is 3.70. The van der Waals surface area contributed by atoms with E-state index in [1.165, 1.54) is 7.11 Å². The first-order chi connectivity index (χ1) is 9.62. The number of amidine groups is 1. The zero-order chi connectivity index (χ0) is 14.5. The van der Waals surface area contributed by atoms with Gasteiger partial charge in [0.1, 0.15) is 5.75 Å². The van der Waals surface area contributed by atoms with Gasteiger partial charge >= 0.3 is 5.97 Å². The monoisotopic (exact) mass is 292 g/mol. The number of benzene rings is 1. The van der Waals surface area contributed by atoms with Crippen molar-refractivity contribution < 1.29 is 19.1 Å². The number of carbonyl (C=O) groups is 2. The number of amides is 1. The van der Waals surface area contributed by atoms with Crippen molar-refractivity contribution in [2.45, 2.75) is 0 Å². The topological polar surface area (TPSA) is 77.0 Å². The molecule has 1 aliphatic heterocycles. The van der Waals surface area contributed by atoms with E-state index in [0.29, 0.717) is 10.9 Å². The molecule has 1 N–H and O–H groups in total. The molecule has 0 aliphatic carbocycles. The Morgan fingerprint density at radius 2 is 2.00 bits per heavy atom. The molecule has 0 spiro atoms. The van der Waals surface area contributed by atoms with E-state index < -0.39 is 5.97 Å². The van der Waals surface area contributed by atoms with Gasteiger partial charge in [-0.05, 0) is 36.0 Å². The molecular weight excluding hydrogens is 280 g/mol. The lowest BCUT2D eigenvalue weighted by Gasteiger charge is -1.99. The minimum Gasteiger partial charge on any atom is -0.497 e. The number of nitrogens with zero attached hydrogens (tertiary/aromatic N) is 1. The van der Waals surface area contributed by atoms with Crippen LogP contribution in [0, 0.1) is 0 Å². The van der Waals surface area contributed by atoms with Crippen LogP contribution in [0.25, 0.3) is 0 Å². The van der Waals surface area contributed by atoms with Crippen LogP contribution in [0.2, 0.25) is 0 Å². The van der Waals surface area contributed by atoms with Gasteiger partial charge in [0.15, 0.2) is 5.17 Å². The van der Waals surface area contributed by atoms with E-state index in [-0.39, 0.29) is 10.8 Å². The molecule has 20 heavy (non-hydrogen) atoms. The molecule has 0 saturated carbocycles. The summed E-state index contributed by atoms with van der Waals surface area (Å²) in [6, 6.07) is 7.07. The molecule has 0 aromatic heterocycles. The lowest BCUT2D eigenvalue weighted by atomic mass is 10.3. The van der Waals surface area contributed by atoms with Crippen LogP contribution < -0.4 is 10.1 Å². The molecule has 7 heteroatoms. The predicted molar refractivity (Wildman–Crippen MR) is 75.9 cm³/mol. The summed E-state index contributed by atoms with van der Waals surface area (Å²) in [5.41, 5.74) is 0.674. The zero-order valence-electron chi connectivity index (χ0n) is 10.9. The Hall–Kier alpha value is -2.28. The molecule has 0 unspecified atom stereocenters. The predicted octanol–water partition coefficient (Wildman–Crippen LogP) is 1.60. The lowest BCUT2D eigenvalue weighted by Crippen LogP contribution is -2.19.